The molecule has 26 heavy (non-hydrogen) atoms. The second kappa shape index (κ2) is 8.31. The summed E-state index contributed by atoms with van der Waals surface area (Å²) in [5, 5.41) is 6.04. The molecule has 0 aliphatic carbocycles. The van der Waals surface area contributed by atoms with Crippen molar-refractivity contribution in [1.29, 1.82) is 0 Å². The summed E-state index contributed by atoms with van der Waals surface area (Å²) in [6, 6.07) is 16.0. The third-order valence-electron chi connectivity index (χ3n) is 3.62. The number of hydrogen-bond donors (Lipinski definition) is 2. The Balaban J connectivity index is 1.62. The fourth-order valence-corrected chi connectivity index (χ4v) is 2.52. The number of methoxy groups -OCH3 is 1. The number of nitrogens with zero attached hydrogens (tertiary/aromatic N) is 2. The molecule has 0 aliphatic rings. The minimum Gasteiger partial charge on any atom is -0.497 e. The Morgan fingerprint density at radius 1 is 1.12 bits per heavy atom. The van der Waals surface area contributed by atoms with E-state index in [1.165, 1.54) is 6.33 Å². The van der Waals surface area contributed by atoms with Gasteiger partial charge in [-0.2, -0.15) is 0 Å². The smallest absolute Gasteiger partial charge is 0.319 e. The van der Waals surface area contributed by atoms with E-state index in [-0.39, 0.29) is 12.6 Å². The van der Waals surface area contributed by atoms with Crippen LogP contribution in [0.5, 0.6) is 5.75 Å². The number of aromatic nitrogens is 2. The lowest BCUT2D eigenvalue weighted by Crippen LogP contribution is -2.28. The number of ether oxygens (including phenoxy) is 1. The van der Waals surface area contributed by atoms with Crippen LogP contribution in [0, 0.1) is 0 Å². The summed E-state index contributed by atoms with van der Waals surface area (Å²) in [7, 11) is 1.62. The van der Waals surface area contributed by atoms with Gasteiger partial charge < -0.3 is 15.4 Å². The van der Waals surface area contributed by atoms with Gasteiger partial charge in [0, 0.05) is 16.3 Å². The maximum Gasteiger partial charge on any atom is 0.319 e. The average Bonchev–Trinajstić information content (AvgIpc) is 2.67. The van der Waals surface area contributed by atoms with Gasteiger partial charge in [-0.05, 0) is 48.5 Å². The van der Waals surface area contributed by atoms with Gasteiger partial charge in [0.15, 0.2) is 0 Å². The first-order chi connectivity index (χ1) is 12.6. The van der Waals surface area contributed by atoms with Gasteiger partial charge in [0.25, 0.3) is 0 Å². The molecule has 0 fully saturated rings. The van der Waals surface area contributed by atoms with Crippen molar-refractivity contribution in [3.8, 4) is 17.0 Å². The van der Waals surface area contributed by atoms with E-state index < -0.39 is 0 Å². The summed E-state index contributed by atoms with van der Waals surface area (Å²) >= 11 is 5.90. The van der Waals surface area contributed by atoms with E-state index in [4.69, 9.17) is 16.3 Å². The molecule has 132 valence electrons. The van der Waals surface area contributed by atoms with Gasteiger partial charge in [0.1, 0.15) is 12.1 Å². The van der Waals surface area contributed by atoms with E-state index in [2.05, 4.69) is 20.6 Å². The fourth-order valence-electron chi connectivity index (χ4n) is 2.33. The molecular formula is C19H17ClN4O2. The molecule has 0 unspecified atom stereocenters. The van der Waals surface area contributed by atoms with Crippen LogP contribution >= 0.6 is 11.6 Å². The summed E-state index contributed by atoms with van der Waals surface area (Å²) in [4.78, 5) is 20.5. The van der Waals surface area contributed by atoms with Crippen LogP contribution in [0.2, 0.25) is 5.02 Å². The first-order valence-electron chi connectivity index (χ1n) is 7.90. The molecule has 1 heterocycles. The van der Waals surface area contributed by atoms with Crippen LogP contribution in [0.3, 0.4) is 0 Å². The normalized spacial score (nSPS) is 10.2. The van der Waals surface area contributed by atoms with Gasteiger partial charge in [0.05, 0.1) is 25.0 Å². The summed E-state index contributed by atoms with van der Waals surface area (Å²) in [6.07, 6.45) is 1.48. The number of carbonyl (C=O) groups excluding carboxylic acids is 1. The largest absolute Gasteiger partial charge is 0.497 e. The number of anilines is 1. The van der Waals surface area contributed by atoms with Crippen LogP contribution in [0.4, 0.5) is 10.5 Å². The van der Waals surface area contributed by atoms with Crippen LogP contribution < -0.4 is 15.4 Å². The molecule has 2 amide bonds. The zero-order valence-corrected chi connectivity index (χ0v) is 14.8. The number of benzene rings is 2. The van der Waals surface area contributed by atoms with Gasteiger partial charge in [-0.15, -0.1) is 0 Å². The van der Waals surface area contributed by atoms with Crippen molar-refractivity contribution in [2.24, 2.45) is 0 Å². The molecule has 0 spiro atoms. The molecule has 3 rings (SSSR count). The molecule has 7 heteroatoms. The number of amides is 2. The minimum atomic E-state index is -0.336. The van der Waals surface area contributed by atoms with Gasteiger partial charge in [-0.1, -0.05) is 17.7 Å². The Kier molecular flexibility index (Phi) is 5.66. The van der Waals surface area contributed by atoms with Crippen molar-refractivity contribution in [2.75, 3.05) is 12.4 Å². The highest BCUT2D eigenvalue weighted by atomic mass is 35.5. The second-order valence-electron chi connectivity index (χ2n) is 5.44. The third-order valence-corrected chi connectivity index (χ3v) is 3.86. The zero-order valence-electron chi connectivity index (χ0n) is 14.1. The van der Waals surface area contributed by atoms with Crippen molar-refractivity contribution in [2.45, 2.75) is 6.54 Å². The maximum atomic E-state index is 12.0. The number of halogens is 1. The predicted octanol–water partition coefficient (Wildman–Crippen LogP) is 4.13. The SMILES string of the molecule is COc1ccc(-c2cc(CNC(=O)Nc3cccc(Cl)c3)ncn2)cc1. The zero-order chi connectivity index (χ0) is 18.4. The van der Waals surface area contributed by atoms with Gasteiger partial charge >= 0.3 is 6.03 Å². The Morgan fingerprint density at radius 3 is 2.65 bits per heavy atom. The monoisotopic (exact) mass is 368 g/mol. The topological polar surface area (TPSA) is 76.1 Å². The molecule has 1 aromatic heterocycles. The van der Waals surface area contributed by atoms with Crippen molar-refractivity contribution in [1.82, 2.24) is 15.3 Å². The Labute approximate surface area is 156 Å². The van der Waals surface area contributed by atoms with Crippen LogP contribution in [-0.2, 0) is 6.54 Å². The Morgan fingerprint density at radius 2 is 1.92 bits per heavy atom. The molecule has 2 aromatic carbocycles. The maximum absolute atomic E-state index is 12.0. The summed E-state index contributed by atoms with van der Waals surface area (Å²) < 4.78 is 5.15. The molecular weight excluding hydrogens is 352 g/mol. The molecule has 0 saturated heterocycles. The van der Waals surface area contributed by atoms with Gasteiger partial charge in [0.2, 0.25) is 0 Å². The van der Waals surface area contributed by atoms with Gasteiger partial charge in [-0.25, -0.2) is 14.8 Å². The highest BCUT2D eigenvalue weighted by Gasteiger charge is 2.06. The molecule has 6 nitrogen and oxygen atoms in total. The first-order valence-corrected chi connectivity index (χ1v) is 8.27. The van der Waals surface area contributed by atoms with E-state index in [1.807, 2.05) is 30.3 Å². The number of urea groups is 1. The highest BCUT2D eigenvalue weighted by molar-refractivity contribution is 6.30. The van der Waals surface area contributed by atoms with Crippen LogP contribution in [0.25, 0.3) is 11.3 Å². The number of hydrogen-bond acceptors (Lipinski definition) is 4. The Bertz CT molecular complexity index is 900. The van der Waals surface area contributed by atoms with Crippen molar-refractivity contribution >= 4 is 23.3 Å². The molecule has 3 aromatic rings. The molecule has 0 radical (unpaired) electrons. The first kappa shape index (κ1) is 17.7. The summed E-state index contributed by atoms with van der Waals surface area (Å²) in [6.45, 7) is 0.276. The highest BCUT2D eigenvalue weighted by Crippen LogP contribution is 2.20. The molecule has 0 bridgehead atoms. The Hall–Kier alpha value is -3.12. The van der Waals surface area contributed by atoms with E-state index in [0.717, 1.165) is 17.0 Å². The molecule has 0 aliphatic heterocycles. The lowest BCUT2D eigenvalue weighted by atomic mass is 10.1. The molecule has 0 saturated carbocycles. The van der Waals surface area contributed by atoms with E-state index in [0.29, 0.717) is 16.4 Å². The van der Waals surface area contributed by atoms with Crippen molar-refractivity contribution < 1.29 is 9.53 Å². The average molecular weight is 369 g/mol. The fraction of sp³-hybridized carbons (Fsp3) is 0.105. The van der Waals surface area contributed by atoms with Gasteiger partial charge in [-0.3, -0.25) is 0 Å². The second-order valence-corrected chi connectivity index (χ2v) is 5.88. The summed E-state index contributed by atoms with van der Waals surface area (Å²) in [5.74, 6) is 0.780. The standard InChI is InChI=1S/C19H17ClN4O2/c1-26-17-7-5-13(6-8-17)18-10-16(22-12-23-18)11-21-19(25)24-15-4-2-3-14(20)9-15/h2-10,12H,11H2,1H3,(H2,21,24,25). The quantitative estimate of drug-likeness (QED) is 0.710. The van der Waals surface area contributed by atoms with Crippen molar-refractivity contribution in [3.63, 3.8) is 0 Å². The lowest BCUT2D eigenvalue weighted by molar-refractivity contribution is 0.251. The van der Waals surface area contributed by atoms with E-state index >= 15 is 0 Å². The predicted molar refractivity (Wildman–Crippen MR) is 101 cm³/mol. The molecule has 2 N–H and O–H groups in total. The number of nitrogens with one attached hydrogen (secondary N) is 2. The molecule has 0 atom stereocenters. The summed E-state index contributed by atoms with van der Waals surface area (Å²) in [5.41, 5.74) is 3.04. The minimum absolute atomic E-state index is 0.276. The van der Waals surface area contributed by atoms with Crippen LogP contribution in [-0.4, -0.2) is 23.1 Å². The number of carbonyl (C=O) groups is 1. The third kappa shape index (κ3) is 4.70. The number of rotatable bonds is 5. The van der Waals surface area contributed by atoms with Crippen LogP contribution in [0.1, 0.15) is 5.69 Å². The van der Waals surface area contributed by atoms with E-state index in [9.17, 15) is 4.79 Å². The van der Waals surface area contributed by atoms with Crippen LogP contribution in [0.15, 0.2) is 60.9 Å². The van der Waals surface area contributed by atoms with Crippen molar-refractivity contribution in [3.05, 3.63) is 71.6 Å². The van der Waals surface area contributed by atoms with E-state index in [1.54, 1.807) is 31.4 Å². The lowest BCUT2D eigenvalue weighted by Gasteiger charge is -2.08.